The van der Waals surface area contributed by atoms with Crippen molar-refractivity contribution in [2.45, 2.75) is 44.9 Å². The molecule has 0 spiro atoms. The third kappa shape index (κ3) is 2.98. The molecule has 1 fully saturated rings. The zero-order chi connectivity index (χ0) is 14.9. The Balaban J connectivity index is 1.73. The van der Waals surface area contributed by atoms with Crippen LogP contribution in [0.3, 0.4) is 0 Å². The molecule has 1 aliphatic heterocycles. The number of nitrogens with zero attached hydrogens (tertiary/aromatic N) is 5. The van der Waals surface area contributed by atoms with E-state index in [9.17, 15) is 5.11 Å². The second-order valence-electron chi connectivity index (χ2n) is 6.06. The second kappa shape index (κ2) is 5.57. The molecule has 0 saturated carbocycles. The molecule has 2 aromatic rings. The van der Waals surface area contributed by atoms with E-state index in [1.54, 1.807) is 10.9 Å². The molecule has 1 atom stereocenters. The average Bonchev–Trinajstić information content (AvgIpc) is 3.09. The Morgan fingerprint density at radius 3 is 3.00 bits per heavy atom. The summed E-state index contributed by atoms with van der Waals surface area (Å²) in [6, 6.07) is 0.248. The molecule has 2 N–H and O–H groups in total. The molecule has 0 amide bonds. The van der Waals surface area contributed by atoms with Crippen LogP contribution >= 0.6 is 0 Å². The molecule has 21 heavy (non-hydrogen) atoms. The monoisotopic (exact) mass is 290 g/mol. The molecule has 0 aliphatic carbocycles. The molecule has 0 bridgehead atoms. The Hall–Kier alpha value is -1.73. The minimum Gasteiger partial charge on any atom is -0.382 e. The summed E-state index contributed by atoms with van der Waals surface area (Å²) in [7, 11) is 0. The first kappa shape index (κ1) is 14.2. The molecule has 3 heterocycles. The minimum absolute atomic E-state index is 0.248. The fourth-order valence-corrected chi connectivity index (χ4v) is 2.81. The lowest BCUT2D eigenvalue weighted by Gasteiger charge is -2.37. The predicted molar refractivity (Wildman–Crippen MR) is 77.4 cm³/mol. The number of hydrogen-bond acceptors (Lipinski definition) is 5. The van der Waals surface area contributed by atoms with Crippen LogP contribution in [0.15, 0.2) is 18.6 Å². The van der Waals surface area contributed by atoms with Crippen LogP contribution in [0.2, 0.25) is 0 Å². The molecule has 7 nitrogen and oxygen atoms in total. The molecule has 2 aromatic heterocycles. The van der Waals surface area contributed by atoms with Gasteiger partial charge in [-0.25, -0.2) is 9.67 Å². The van der Waals surface area contributed by atoms with Crippen LogP contribution in [0, 0.1) is 0 Å². The predicted octanol–water partition coefficient (Wildman–Crippen LogP) is 1.07. The zero-order valence-corrected chi connectivity index (χ0v) is 12.5. The molecular formula is C14H22N6O. The van der Waals surface area contributed by atoms with Crippen molar-refractivity contribution in [3.05, 3.63) is 30.1 Å². The standard InChI is InChI=1S/C14H22N6O/c1-11(2)20-8-12(17-18-20)14(21)4-3-7-19(10-14)9-13-15-5-6-16-13/h5-6,8,11,21H,3-4,7,9-10H2,1-2H3,(H,15,16). The van der Waals surface area contributed by atoms with Crippen molar-refractivity contribution in [3.63, 3.8) is 0 Å². The van der Waals surface area contributed by atoms with Gasteiger partial charge in [0.1, 0.15) is 17.1 Å². The Morgan fingerprint density at radius 1 is 1.48 bits per heavy atom. The highest BCUT2D eigenvalue weighted by Crippen LogP contribution is 2.30. The number of H-pyrrole nitrogens is 1. The normalized spacial score (nSPS) is 23.8. The summed E-state index contributed by atoms with van der Waals surface area (Å²) in [6.45, 7) is 6.33. The molecule has 1 unspecified atom stereocenters. The van der Waals surface area contributed by atoms with Crippen LogP contribution < -0.4 is 0 Å². The summed E-state index contributed by atoms with van der Waals surface area (Å²) in [4.78, 5) is 9.56. The molecule has 3 rings (SSSR count). The van der Waals surface area contributed by atoms with Gasteiger partial charge in [-0.2, -0.15) is 0 Å². The van der Waals surface area contributed by atoms with Gasteiger partial charge >= 0.3 is 0 Å². The number of nitrogens with one attached hydrogen (secondary N) is 1. The lowest BCUT2D eigenvalue weighted by molar-refractivity contribution is -0.0420. The molecule has 1 saturated heterocycles. The molecule has 0 aromatic carbocycles. The summed E-state index contributed by atoms with van der Waals surface area (Å²) in [5.41, 5.74) is -0.252. The van der Waals surface area contributed by atoms with Crippen LogP contribution in [0.4, 0.5) is 0 Å². The Bertz CT molecular complexity index is 578. The van der Waals surface area contributed by atoms with Gasteiger partial charge < -0.3 is 10.1 Å². The molecular weight excluding hydrogens is 268 g/mol. The van der Waals surface area contributed by atoms with Gasteiger partial charge in [-0.15, -0.1) is 5.10 Å². The summed E-state index contributed by atoms with van der Waals surface area (Å²) < 4.78 is 1.79. The number of aromatic amines is 1. The quantitative estimate of drug-likeness (QED) is 0.880. The second-order valence-corrected chi connectivity index (χ2v) is 6.06. The van der Waals surface area contributed by atoms with Gasteiger partial charge in [-0.3, -0.25) is 4.90 Å². The average molecular weight is 290 g/mol. The summed E-state index contributed by atoms with van der Waals surface area (Å²) in [5, 5.41) is 19.2. The van der Waals surface area contributed by atoms with E-state index in [1.165, 1.54) is 0 Å². The molecule has 1 aliphatic rings. The third-order valence-electron chi connectivity index (χ3n) is 3.99. The van der Waals surface area contributed by atoms with Gasteiger partial charge in [0.15, 0.2) is 0 Å². The van der Waals surface area contributed by atoms with Crippen molar-refractivity contribution in [3.8, 4) is 0 Å². The first-order chi connectivity index (χ1) is 10.1. The Morgan fingerprint density at radius 2 is 2.33 bits per heavy atom. The maximum absolute atomic E-state index is 10.9. The highest BCUT2D eigenvalue weighted by atomic mass is 16.3. The third-order valence-corrected chi connectivity index (χ3v) is 3.99. The molecule has 7 heteroatoms. The Kier molecular flexibility index (Phi) is 3.77. The van der Waals surface area contributed by atoms with E-state index in [1.807, 2.05) is 26.2 Å². The summed E-state index contributed by atoms with van der Waals surface area (Å²) >= 11 is 0. The zero-order valence-electron chi connectivity index (χ0n) is 12.5. The fourth-order valence-electron chi connectivity index (χ4n) is 2.81. The highest BCUT2D eigenvalue weighted by molar-refractivity contribution is 5.10. The van der Waals surface area contributed by atoms with Crippen LogP contribution in [-0.2, 0) is 12.1 Å². The first-order valence-corrected chi connectivity index (χ1v) is 7.42. The smallest absolute Gasteiger partial charge is 0.123 e. The number of piperidine rings is 1. The number of aliphatic hydroxyl groups is 1. The van der Waals surface area contributed by atoms with E-state index in [4.69, 9.17) is 0 Å². The van der Waals surface area contributed by atoms with Gasteiger partial charge in [0.25, 0.3) is 0 Å². The topological polar surface area (TPSA) is 82.9 Å². The Labute approximate surface area is 124 Å². The van der Waals surface area contributed by atoms with Crippen molar-refractivity contribution in [1.82, 2.24) is 29.9 Å². The molecule has 114 valence electrons. The minimum atomic E-state index is -0.919. The van der Waals surface area contributed by atoms with E-state index in [0.717, 1.165) is 25.2 Å². The summed E-state index contributed by atoms with van der Waals surface area (Å²) in [5.74, 6) is 0.921. The van der Waals surface area contributed by atoms with Crippen molar-refractivity contribution in [2.24, 2.45) is 0 Å². The van der Waals surface area contributed by atoms with E-state index in [0.29, 0.717) is 18.8 Å². The van der Waals surface area contributed by atoms with Crippen LogP contribution in [-0.4, -0.2) is 48.1 Å². The fraction of sp³-hybridized carbons (Fsp3) is 0.643. The van der Waals surface area contributed by atoms with Crippen molar-refractivity contribution < 1.29 is 5.11 Å². The summed E-state index contributed by atoms with van der Waals surface area (Å²) in [6.07, 6.45) is 7.09. The van der Waals surface area contributed by atoms with Crippen LogP contribution in [0.1, 0.15) is 44.2 Å². The number of rotatable bonds is 4. The van der Waals surface area contributed by atoms with Crippen LogP contribution in [0.25, 0.3) is 0 Å². The van der Waals surface area contributed by atoms with Gasteiger partial charge in [-0.1, -0.05) is 5.21 Å². The van der Waals surface area contributed by atoms with E-state index < -0.39 is 5.60 Å². The lowest BCUT2D eigenvalue weighted by atomic mass is 9.90. The molecule has 0 radical (unpaired) electrons. The van der Waals surface area contributed by atoms with Crippen LogP contribution in [0.5, 0.6) is 0 Å². The highest BCUT2D eigenvalue weighted by Gasteiger charge is 2.37. The largest absolute Gasteiger partial charge is 0.382 e. The van der Waals surface area contributed by atoms with E-state index >= 15 is 0 Å². The lowest BCUT2D eigenvalue weighted by Crippen LogP contribution is -2.46. The number of β-amino-alcohol motifs (C(OH)–C–C–N with tert-alkyl or cyclic N) is 1. The number of imidazole rings is 1. The number of hydrogen-bond donors (Lipinski definition) is 2. The SMILES string of the molecule is CC(C)n1cc(C2(O)CCCN(Cc3ncc[nH]3)C2)nn1. The van der Waals surface area contributed by atoms with Gasteiger partial charge in [0.05, 0.1) is 12.7 Å². The maximum Gasteiger partial charge on any atom is 0.123 e. The maximum atomic E-state index is 10.9. The number of likely N-dealkylation sites (tertiary alicyclic amines) is 1. The van der Waals surface area contributed by atoms with Gasteiger partial charge in [0, 0.05) is 25.0 Å². The van der Waals surface area contributed by atoms with Crippen molar-refractivity contribution >= 4 is 0 Å². The van der Waals surface area contributed by atoms with Crippen molar-refractivity contribution in [2.75, 3.05) is 13.1 Å². The van der Waals surface area contributed by atoms with E-state index in [2.05, 4.69) is 25.2 Å². The van der Waals surface area contributed by atoms with Gasteiger partial charge in [0.2, 0.25) is 0 Å². The first-order valence-electron chi connectivity index (χ1n) is 7.42. The van der Waals surface area contributed by atoms with Gasteiger partial charge in [-0.05, 0) is 33.2 Å². The van der Waals surface area contributed by atoms with E-state index in [-0.39, 0.29) is 6.04 Å². The number of aromatic nitrogens is 5. The van der Waals surface area contributed by atoms with Crippen molar-refractivity contribution in [1.29, 1.82) is 0 Å².